The van der Waals surface area contributed by atoms with E-state index in [0.717, 1.165) is 12.0 Å². The van der Waals surface area contributed by atoms with E-state index in [2.05, 4.69) is 10.6 Å². The Hall–Kier alpha value is -1.79. The second-order valence-corrected chi connectivity index (χ2v) is 6.74. The highest BCUT2D eigenvalue weighted by Gasteiger charge is 2.15. The summed E-state index contributed by atoms with van der Waals surface area (Å²) in [4.78, 5) is 11.8. The van der Waals surface area contributed by atoms with Crippen LogP contribution < -0.4 is 20.1 Å². The lowest BCUT2D eigenvalue weighted by atomic mass is 10.1. The Morgan fingerprint density at radius 3 is 2.54 bits per heavy atom. The second-order valence-electron chi connectivity index (χ2n) is 6.74. The van der Waals surface area contributed by atoms with Crippen LogP contribution in [0.1, 0.15) is 39.7 Å². The maximum absolute atomic E-state index is 11.8. The number of benzene rings is 1. The number of hydrogen-bond donors (Lipinski definition) is 3. The fourth-order valence-electron chi connectivity index (χ4n) is 2.14. The minimum absolute atomic E-state index is 0.0619. The average molecular weight is 338 g/mol. The molecule has 1 aromatic carbocycles. The van der Waals surface area contributed by atoms with Gasteiger partial charge in [-0.25, -0.2) is 0 Å². The summed E-state index contributed by atoms with van der Waals surface area (Å²) in [5.74, 6) is 0.929. The fraction of sp³-hybridized carbons (Fsp3) is 0.611. The molecule has 0 spiro atoms. The van der Waals surface area contributed by atoms with E-state index in [4.69, 9.17) is 9.47 Å². The third-order valence-corrected chi connectivity index (χ3v) is 3.41. The van der Waals surface area contributed by atoms with Crippen LogP contribution in [-0.2, 0) is 11.3 Å². The Bertz CT molecular complexity index is 522. The van der Waals surface area contributed by atoms with Crippen molar-refractivity contribution in [3.63, 3.8) is 0 Å². The molecule has 0 bridgehead atoms. The minimum atomic E-state index is -0.289. The first-order valence-corrected chi connectivity index (χ1v) is 8.24. The summed E-state index contributed by atoms with van der Waals surface area (Å²) in [6.45, 7) is 8.45. The summed E-state index contributed by atoms with van der Waals surface area (Å²) >= 11 is 0. The number of nitrogens with one attached hydrogen (secondary N) is 2. The van der Waals surface area contributed by atoms with Gasteiger partial charge in [0.15, 0.2) is 18.1 Å². The molecule has 6 nitrogen and oxygen atoms in total. The molecule has 3 N–H and O–H groups in total. The number of aliphatic hydroxyl groups excluding tert-OH is 1. The Kier molecular flexibility index (Phi) is 8.01. The normalized spacial score (nSPS) is 12.6. The van der Waals surface area contributed by atoms with E-state index < -0.39 is 0 Å². The summed E-state index contributed by atoms with van der Waals surface area (Å²) in [7, 11) is 1.57. The molecule has 136 valence electrons. The Balaban J connectivity index is 2.65. The van der Waals surface area contributed by atoms with E-state index in [1.165, 1.54) is 0 Å². The number of aliphatic hydroxyl groups is 1. The topological polar surface area (TPSA) is 79.8 Å². The van der Waals surface area contributed by atoms with E-state index in [9.17, 15) is 9.90 Å². The second kappa shape index (κ2) is 9.49. The van der Waals surface area contributed by atoms with Crippen LogP contribution in [0.2, 0.25) is 0 Å². The number of hydrogen-bond acceptors (Lipinski definition) is 5. The smallest absolute Gasteiger partial charge is 0.258 e. The molecule has 0 fully saturated rings. The van der Waals surface area contributed by atoms with Gasteiger partial charge in [-0.1, -0.05) is 13.0 Å². The molecule has 0 heterocycles. The largest absolute Gasteiger partial charge is 0.493 e. The highest BCUT2D eigenvalue weighted by Crippen LogP contribution is 2.28. The van der Waals surface area contributed by atoms with Gasteiger partial charge in [-0.2, -0.15) is 0 Å². The van der Waals surface area contributed by atoms with Crippen molar-refractivity contribution in [1.29, 1.82) is 0 Å². The van der Waals surface area contributed by atoms with Crippen LogP contribution in [0.25, 0.3) is 0 Å². The number of methoxy groups -OCH3 is 1. The average Bonchev–Trinajstić information content (AvgIpc) is 2.52. The zero-order chi connectivity index (χ0) is 18.2. The van der Waals surface area contributed by atoms with Crippen LogP contribution in [0.4, 0.5) is 0 Å². The first kappa shape index (κ1) is 20.3. The van der Waals surface area contributed by atoms with Crippen LogP contribution in [0.3, 0.4) is 0 Å². The number of rotatable bonds is 9. The van der Waals surface area contributed by atoms with Gasteiger partial charge in [0, 0.05) is 18.1 Å². The molecule has 24 heavy (non-hydrogen) atoms. The van der Waals surface area contributed by atoms with Gasteiger partial charge >= 0.3 is 0 Å². The lowest BCUT2D eigenvalue weighted by Gasteiger charge is -2.21. The number of ether oxygens (including phenoxy) is 2. The lowest BCUT2D eigenvalue weighted by Crippen LogP contribution is -2.43. The third-order valence-electron chi connectivity index (χ3n) is 3.41. The van der Waals surface area contributed by atoms with Gasteiger partial charge < -0.3 is 25.2 Å². The van der Waals surface area contributed by atoms with Crippen molar-refractivity contribution in [2.75, 3.05) is 20.3 Å². The van der Waals surface area contributed by atoms with Crippen molar-refractivity contribution in [1.82, 2.24) is 10.6 Å². The highest BCUT2D eigenvalue weighted by molar-refractivity contribution is 5.78. The van der Waals surface area contributed by atoms with Crippen LogP contribution in [-0.4, -0.2) is 42.9 Å². The first-order chi connectivity index (χ1) is 11.3. The Morgan fingerprint density at radius 2 is 2.00 bits per heavy atom. The molecule has 0 aromatic heterocycles. The van der Waals surface area contributed by atoms with Crippen LogP contribution in [0, 0.1) is 0 Å². The lowest BCUT2D eigenvalue weighted by molar-refractivity contribution is -0.124. The van der Waals surface area contributed by atoms with E-state index in [0.29, 0.717) is 18.0 Å². The van der Waals surface area contributed by atoms with Crippen molar-refractivity contribution >= 4 is 5.91 Å². The van der Waals surface area contributed by atoms with E-state index >= 15 is 0 Å². The standard InChI is InChI=1S/C18H30N2O4/c1-6-14(11-21)19-10-13-7-8-15(16(9-13)23-5)24-12-17(22)20-18(2,3)4/h7-9,14,19,21H,6,10-12H2,1-5H3,(H,20,22). The van der Waals surface area contributed by atoms with E-state index in [1.54, 1.807) is 13.2 Å². The maximum Gasteiger partial charge on any atom is 0.258 e. The van der Waals surface area contributed by atoms with Gasteiger partial charge in [-0.3, -0.25) is 4.79 Å². The van der Waals surface area contributed by atoms with Crippen molar-refractivity contribution < 1.29 is 19.4 Å². The zero-order valence-electron chi connectivity index (χ0n) is 15.3. The quantitative estimate of drug-likeness (QED) is 0.640. The minimum Gasteiger partial charge on any atom is -0.493 e. The van der Waals surface area contributed by atoms with E-state index in [-0.39, 0.29) is 30.7 Å². The molecule has 0 aliphatic heterocycles. The molecule has 1 atom stereocenters. The Morgan fingerprint density at radius 1 is 1.29 bits per heavy atom. The molecule has 1 amide bonds. The molecule has 1 aromatic rings. The SMILES string of the molecule is CCC(CO)NCc1ccc(OCC(=O)NC(C)(C)C)c(OC)c1. The summed E-state index contributed by atoms with van der Waals surface area (Å²) in [6.07, 6.45) is 0.859. The summed E-state index contributed by atoms with van der Waals surface area (Å²) in [5, 5.41) is 15.3. The van der Waals surface area contributed by atoms with Crippen LogP contribution >= 0.6 is 0 Å². The molecule has 1 unspecified atom stereocenters. The Labute approximate surface area is 144 Å². The van der Waals surface area contributed by atoms with Crippen LogP contribution in [0.15, 0.2) is 18.2 Å². The molecule has 6 heteroatoms. The van der Waals surface area contributed by atoms with Crippen molar-refractivity contribution in [3.8, 4) is 11.5 Å². The van der Waals surface area contributed by atoms with Crippen molar-refractivity contribution in [2.24, 2.45) is 0 Å². The van der Waals surface area contributed by atoms with E-state index in [1.807, 2.05) is 39.8 Å². The van der Waals surface area contributed by atoms with Crippen LogP contribution in [0.5, 0.6) is 11.5 Å². The van der Waals surface area contributed by atoms with Crippen molar-refractivity contribution in [3.05, 3.63) is 23.8 Å². The number of amides is 1. The van der Waals surface area contributed by atoms with Gasteiger partial charge in [0.2, 0.25) is 0 Å². The fourth-order valence-corrected chi connectivity index (χ4v) is 2.14. The number of carbonyl (C=O) groups is 1. The molecule has 0 saturated heterocycles. The molecule has 0 aliphatic rings. The molecule has 1 rings (SSSR count). The van der Waals surface area contributed by atoms with Gasteiger partial charge in [0.05, 0.1) is 13.7 Å². The third kappa shape index (κ3) is 7.19. The monoisotopic (exact) mass is 338 g/mol. The molecule has 0 saturated carbocycles. The predicted octanol–water partition coefficient (Wildman–Crippen LogP) is 1.85. The van der Waals surface area contributed by atoms with Gasteiger partial charge in [-0.05, 0) is 44.9 Å². The molecular formula is C18H30N2O4. The highest BCUT2D eigenvalue weighted by atomic mass is 16.5. The molecular weight excluding hydrogens is 308 g/mol. The summed E-state index contributed by atoms with van der Waals surface area (Å²) in [6, 6.07) is 5.65. The molecule has 0 radical (unpaired) electrons. The van der Waals surface area contributed by atoms with Gasteiger partial charge in [-0.15, -0.1) is 0 Å². The number of carbonyl (C=O) groups excluding carboxylic acids is 1. The summed E-state index contributed by atoms with van der Waals surface area (Å²) < 4.78 is 10.9. The summed E-state index contributed by atoms with van der Waals surface area (Å²) in [5.41, 5.74) is 0.730. The zero-order valence-corrected chi connectivity index (χ0v) is 15.3. The maximum atomic E-state index is 11.8. The first-order valence-electron chi connectivity index (χ1n) is 8.24. The van der Waals surface area contributed by atoms with Crippen molar-refractivity contribution in [2.45, 2.75) is 52.2 Å². The van der Waals surface area contributed by atoms with Gasteiger partial charge in [0.25, 0.3) is 5.91 Å². The predicted molar refractivity (Wildman–Crippen MR) is 94.4 cm³/mol. The molecule has 0 aliphatic carbocycles. The van der Waals surface area contributed by atoms with Gasteiger partial charge in [0.1, 0.15) is 0 Å².